The van der Waals surface area contributed by atoms with E-state index in [0.29, 0.717) is 18.9 Å². The highest BCUT2D eigenvalue weighted by atomic mass is 16.5. The molecule has 3 rings (SSSR count). The van der Waals surface area contributed by atoms with Gasteiger partial charge in [-0.1, -0.05) is 23.8 Å². The molecule has 24 heavy (non-hydrogen) atoms. The second kappa shape index (κ2) is 7.95. The topological polar surface area (TPSA) is 42.4 Å². The normalized spacial score (nSPS) is 17.0. The zero-order chi connectivity index (χ0) is 16.8. The zero-order valence-electron chi connectivity index (χ0n) is 14.1. The molecule has 2 aromatic rings. The van der Waals surface area contributed by atoms with Crippen molar-refractivity contribution in [1.29, 1.82) is 0 Å². The average Bonchev–Trinajstić information content (AvgIpc) is 3.07. The SMILES string of the molecule is Cc1ccc(OCCC2CCN(C(=O)Cc3cccnc3)C2)cc1. The van der Waals surface area contributed by atoms with E-state index in [2.05, 4.69) is 24.0 Å². The summed E-state index contributed by atoms with van der Waals surface area (Å²) in [6, 6.07) is 12.0. The fourth-order valence-corrected chi connectivity index (χ4v) is 3.06. The lowest BCUT2D eigenvalue weighted by atomic mass is 10.1. The van der Waals surface area contributed by atoms with Gasteiger partial charge < -0.3 is 9.64 Å². The van der Waals surface area contributed by atoms with Gasteiger partial charge in [0.05, 0.1) is 13.0 Å². The van der Waals surface area contributed by atoms with Crippen LogP contribution < -0.4 is 4.74 Å². The molecule has 1 aliphatic rings. The van der Waals surface area contributed by atoms with E-state index in [0.717, 1.165) is 37.2 Å². The maximum atomic E-state index is 12.4. The van der Waals surface area contributed by atoms with Gasteiger partial charge in [0.1, 0.15) is 5.75 Å². The van der Waals surface area contributed by atoms with Crippen LogP contribution in [0.4, 0.5) is 0 Å². The van der Waals surface area contributed by atoms with Crippen LogP contribution in [0.2, 0.25) is 0 Å². The predicted octanol–water partition coefficient (Wildman–Crippen LogP) is 3.25. The Balaban J connectivity index is 1.40. The van der Waals surface area contributed by atoms with Gasteiger partial charge in [0.25, 0.3) is 0 Å². The van der Waals surface area contributed by atoms with Crippen LogP contribution in [0.3, 0.4) is 0 Å². The predicted molar refractivity (Wildman–Crippen MR) is 93.9 cm³/mol. The molecule has 1 atom stereocenters. The van der Waals surface area contributed by atoms with E-state index in [1.165, 1.54) is 5.56 Å². The third-order valence-corrected chi connectivity index (χ3v) is 4.53. The Morgan fingerprint density at radius 1 is 1.29 bits per heavy atom. The Hall–Kier alpha value is -2.36. The molecule has 126 valence electrons. The maximum absolute atomic E-state index is 12.4. The number of rotatable bonds is 6. The molecule has 0 bridgehead atoms. The standard InChI is InChI=1S/C20H24N2O2/c1-16-4-6-19(7-5-16)24-12-9-17-8-11-22(15-17)20(23)13-18-3-2-10-21-14-18/h2-7,10,14,17H,8-9,11-13,15H2,1H3. The number of carbonyl (C=O) groups excluding carboxylic acids is 1. The third kappa shape index (κ3) is 4.57. The molecule has 1 unspecified atom stereocenters. The van der Waals surface area contributed by atoms with Crippen LogP contribution in [0.5, 0.6) is 5.75 Å². The monoisotopic (exact) mass is 324 g/mol. The molecule has 0 radical (unpaired) electrons. The molecular formula is C20H24N2O2. The van der Waals surface area contributed by atoms with Crippen molar-refractivity contribution in [3.63, 3.8) is 0 Å². The van der Waals surface area contributed by atoms with Crippen LogP contribution in [0.25, 0.3) is 0 Å². The summed E-state index contributed by atoms with van der Waals surface area (Å²) in [6.45, 7) is 4.47. The van der Waals surface area contributed by atoms with Crippen molar-refractivity contribution in [2.24, 2.45) is 5.92 Å². The number of ether oxygens (including phenoxy) is 1. The highest BCUT2D eigenvalue weighted by Gasteiger charge is 2.26. The summed E-state index contributed by atoms with van der Waals surface area (Å²) in [7, 11) is 0. The van der Waals surface area contributed by atoms with Crippen molar-refractivity contribution in [2.45, 2.75) is 26.2 Å². The summed E-state index contributed by atoms with van der Waals surface area (Å²) in [5.41, 5.74) is 2.22. The van der Waals surface area contributed by atoms with Crippen LogP contribution in [0, 0.1) is 12.8 Å². The average molecular weight is 324 g/mol. The van der Waals surface area contributed by atoms with E-state index in [9.17, 15) is 4.79 Å². The van der Waals surface area contributed by atoms with Crippen LogP contribution in [-0.2, 0) is 11.2 Å². The molecule has 0 saturated carbocycles. The number of pyridine rings is 1. The Morgan fingerprint density at radius 3 is 2.88 bits per heavy atom. The molecular weight excluding hydrogens is 300 g/mol. The van der Waals surface area contributed by atoms with Crippen molar-refractivity contribution >= 4 is 5.91 Å². The molecule has 1 saturated heterocycles. The van der Waals surface area contributed by atoms with Crippen molar-refractivity contribution in [3.8, 4) is 5.75 Å². The lowest BCUT2D eigenvalue weighted by Crippen LogP contribution is -2.30. The van der Waals surface area contributed by atoms with Crippen LogP contribution in [-0.4, -0.2) is 35.5 Å². The maximum Gasteiger partial charge on any atom is 0.227 e. The summed E-state index contributed by atoms with van der Waals surface area (Å²) >= 11 is 0. The molecule has 1 fully saturated rings. The summed E-state index contributed by atoms with van der Waals surface area (Å²) in [5.74, 6) is 1.65. The van der Waals surface area contributed by atoms with Gasteiger partial charge in [0.2, 0.25) is 5.91 Å². The largest absolute Gasteiger partial charge is 0.494 e. The van der Waals surface area contributed by atoms with Gasteiger partial charge in [-0.3, -0.25) is 9.78 Å². The summed E-state index contributed by atoms with van der Waals surface area (Å²) in [6.07, 6.45) is 6.00. The quantitative estimate of drug-likeness (QED) is 0.819. The number of hydrogen-bond acceptors (Lipinski definition) is 3. The fraction of sp³-hybridized carbons (Fsp3) is 0.400. The molecule has 1 aliphatic heterocycles. The number of aromatic nitrogens is 1. The summed E-state index contributed by atoms with van der Waals surface area (Å²) in [5, 5.41) is 0. The van der Waals surface area contributed by atoms with E-state index in [-0.39, 0.29) is 5.91 Å². The molecule has 4 heteroatoms. The highest BCUT2D eigenvalue weighted by molar-refractivity contribution is 5.78. The molecule has 4 nitrogen and oxygen atoms in total. The van der Waals surface area contributed by atoms with E-state index in [4.69, 9.17) is 4.74 Å². The number of amides is 1. The summed E-state index contributed by atoms with van der Waals surface area (Å²) in [4.78, 5) is 18.4. The van der Waals surface area contributed by atoms with Crippen molar-refractivity contribution in [2.75, 3.05) is 19.7 Å². The minimum atomic E-state index is 0.199. The molecule has 1 aromatic heterocycles. The lowest BCUT2D eigenvalue weighted by molar-refractivity contribution is -0.129. The molecule has 2 heterocycles. The van der Waals surface area contributed by atoms with Crippen LogP contribution in [0.15, 0.2) is 48.8 Å². The molecule has 1 amide bonds. The van der Waals surface area contributed by atoms with Crippen LogP contribution >= 0.6 is 0 Å². The zero-order valence-corrected chi connectivity index (χ0v) is 14.1. The van der Waals surface area contributed by atoms with Gasteiger partial charge in [-0.05, 0) is 49.4 Å². The van der Waals surface area contributed by atoms with E-state index in [1.807, 2.05) is 29.2 Å². The van der Waals surface area contributed by atoms with Gasteiger partial charge in [0.15, 0.2) is 0 Å². The first-order chi connectivity index (χ1) is 11.7. The highest BCUT2D eigenvalue weighted by Crippen LogP contribution is 2.21. The number of likely N-dealkylation sites (tertiary alicyclic amines) is 1. The lowest BCUT2D eigenvalue weighted by Gasteiger charge is -2.16. The number of carbonyl (C=O) groups is 1. The van der Waals surface area contributed by atoms with Crippen LogP contribution in [0.1, 0.15) is 24.0 Å². The third-order valence-electron chi connectivity index (χ3n) is 4.53. The Labute approximate surface area is 143 Å². The van der Waals surface area contributed by atoms with Crippen molar-refractivity contribution < 1.29 is 9.53 Å². The van der Waals surface area contributed by atoms with E-state index >= 15 is 0 Å². The smallest absolute Gasteiger partial charge is 0.227 e. The van der Waals surface area contributed by atoms with Gasteiger partial charge in [-0.25, -0.2) is 0 Å². The first-order valence-electron chi connectivity index (χ1n) is 8.57. The molecule has 0 N–H and O–H groups in total. The second-order valence-corrected chi connectivity index (χ2v) is 6.48. The first-order valence-corrected chi connectivity index (χ1v) is 8.57. The number of aryl methyl sites for hydroxylation is 1. The fourth-order valence-electron chi connectivity index (χ4n) is 3.06. The van der Waals surface area contributed by atoms with Gasteiger partial charge in [0, 0.05) is 25.5 Å². The van der Waals surface area contributed by atoms with Gasteiger partial charge in [-0.15, -0.1) is 0 Å². The van der Waals surface area contributed by atoms with E-state index in [1.54, 1.807) is 12.4 Å². The minimum Gasteiger partial charge on any atom is -0.494 e. The number of benzene rings is 1. The Bertz CT molecular complexity index is 655. The van der Waals surface area contributed by atoms with Crippen molar-refractivity contribution in [3.05, 3.63) is 59.9 Å². The van der Waals surface area contributed by atoms with Crippen molar-refractivity contribution in [1.82, 2.24) is 9.88 Å². The molecule has 0 spiro atoms. The van der Waals surface area contributed by atoms with E-state index < -0.39 is 0 Å². The van der Waals surface area contributed by atoms with Gasteiger partial charge in [-0.2, -0.15) is 0 Å². The first kappa shape index (κ1) is 16.5. The molecule has 0 aliphatic carbocycles. The number of nitrogens with zero attached hydrogens (tertiary/aromatic N) is 2. The minimum absolute atomic E-state index is 0.199. The Kier molecular flexibility index (Phi) is 5.47. The van der Waals surface area contributed by atoms with Gasteiger partial charge >= 0.3 is 0 Å². The molecule has 1 aromatic carbocycles. The summed E-state index contributed by atoms with van der Waals surface area (Å²) < 4.78 is 5.80. The Morgan fingerprint density at radius 2 is 2.12 bits per heavy atom. The number of hydrogen-bond donors (Lipinski definition) is 0. The second-order valence-electron chi connectivity index (χ2n) is 6.48.